The molecule has 3 aliphatic heterocycles. The number of ether oxygens (including phenoxy) is 1. The number of aliphatic hydroxyl groups is 1. The van der Waals surface area contributed by atoms with Gasteiger partial charge in [0.1, 0.15) is 23.3 Å². The molecule has 254 valence electrons. The average Bonchev–Trinajstić information content (AvgIpc) is 3.70. The van der Waals surface area contributed by atoms with Crippen molar-refractivity contribution < 1.29 is 43.0 Å². The highest BCUT2D eigenvalue weighted by Crippen LogP contribution is 2.36. The minimum absolute atomic E-state index is 0.00722. The zero-order valence-corrected chi connectivity index (χ0v) is 27.3. The van der Waals surface area contributed by atoms with Crippen molar-refractivity contribution in [1.29, 1.82) is 0 Å². The van der Waals surface area contributed by atoms with Crippen LogP contribution in [0.15, 0.2) is 33.7 Å². The van der Waals surface area contributed by atoms with E-state index in [0.29, 0.717) is 31.0 Å². The summed E-state index contributed by atoms with van der Waals surface area (Å²) in [6.07, 6.45) is 0.266. The van der Waals surface area contributed by atoms with Gasteiger partial charge in [-0.3, -0.25) is 14.6 Å². The maximum absolute atomic E-state index is 13.4. The van der Waals surface area contributed by atoms with Crippen molar-refractivity contribution in [2.45, 2.75) is 75.4 Å². The summed E-state index contributed by atoms with van der Waals surface area (Å²) in [5.41, 5.74) is 9.84. The molecule has 9 N–H and O–H groups in total. The van der Waals surface area contributed by atoms with Gasteiger partial charge >= 0.3 is 5.97 Å². The van der Waals surface area contributed by atoms with Crippen molar-refractivity contribution in [3.05, 3.63) is 40.4 Å². The number of hydrogen-bond acceptors (Lipinski definition) is 16. The van der Waals surface area contributed by atoms with Gasteiger partial charge in [-0.15, -0.1) is 11.3 Å². The number of hydrogen-bond donors (Lipinski definition) is 7. The Morgan fingerprint density at radius 2 is 2.17 bits per heavy atom. The molecule has 5 rings (SSSR count). The molecule has 0 bridgehead atoms. The van der Waals surface area contributed by atoms with Gasteiger partial charge < -0.3 is 46.4 Å². The molecular weight excluding hydrogens is 656 g/mol. The number of amidine groups is 1. The van der Waals surface area contributed by atoms with Gasteiger partial charge in [0, 0.05) is 23.0 Å². The Kier molecular flexibility index (Phi) is 9.94. The van der Waals surface area contributed by atoms with Crippen LogP contribution < -0.4 is 26.8 Å². The zero-order chi connectivity index (χ0) is 34.1. The van der Waals surface area contributed by atoms with Crippen LogP contribution >= 0.6 is 23.7 Å². The van der Waals surface area contributed by atoms with Crippen LogP contribution in [0.2, 0.25) is 0 Å². The van der Waals surface area contributed by atoms with Crippen LogP contribution in [0.4, 0.5) is 5.13 Å². The number of nitrogen functional groups attached to an aromatic ring is 1. The monoisotopic (exact) mass is 692 g/mol. The van der Waals surface area contributed by atoms with E-state index in [-0.39, 0.29) is 48.3 Å². The standard InChI is InChI=1S/C28H36N8O9S2/c1-27(2)21(24(39)36(27)45-47-42)34-23(38)20(17-12-46-26(30)33-17)35-44-28(3,25(40)41)19-7-5-13-8-14(4-6-18(13)43-19)22-31-10-16(32-22)9-15(29)11-37/h4,6,8,12,15-16,19,21,37,42H,5,7,9-11,29H2,1-3H3,(H2,30,33)(H,31,32)(H,34,38)(H,40,41)/b35-20-. The van der Waals surface area contributed by atoms with E-state index in [1.165, 1.54) is 12.3 Å². The third kappa shape index (κ3) is 6.85. The first kappa shape index (κ1) is 34.3. The second kappa shape index (κ2) is 13.6. The number of β-lactam (4-membered cyclic amide) rings is 1. The quantitative estimate of drug-likeness (QED) is 0.0644. The number of aromatic nitrogens is 1. The van der Waals surface area contributed by atoms with Crippen LogP contribution in [0.5, 0.6) is 5.75 Å². The summed E-state index contributed by atoms with van der Waals surface area (Å²) in [5, 5.41) is 31.8. The zero-order valence-electron chi connectivity index (χ0n) is 25.7. The third-order valence-electron chi connectivity index (χ3n) is 8.32. The molecule has 0 spiro atoms. The number of aliphatic imine (C=N–C) groups is 1. The van der Waals surface area contributed by atoms with E-state index < -0.39 is 46.8 Å². The van der Waals surface area contributed by atoms with Gasteiger partial charge in [0.05, 0.1) is 18.7 Å². The molecule has 3 aliphatic rings. The van der Waals surface area contributed by atoms with Gasteiger partial charge in [-0.1, -0.05) is 5.16 Å². The summed E-state index contributed by atoms with van der Waals surface area (Å²) in [6.45, 7) is 4.93. The first-order valence-corrected chi connectivity index (χ1v) is 16.2. The number of carboxylic acid groups (broad SMARTS) is 1. The molecule has 2 amide bonds. The van der Waals surface area contributed by atoms with Gasteiger partial charge in [-0.2, -0.15) is 9.35 Å². The first-order valence-electron chi connectivity index (χ1n) is 14.6. The van der Waals surface area contributed by atoms with E-state index in [1.807, 2.05) is 12.1 Å². The van der Waals surface area contributed by atoms with Gasteiger partial charge in [-0.05, 0) is 63.8 Å². The van der Waals surface area contributed by atoms with Crippen molar-refractivity contribution in [3.63, 3.8) is 0 Å². The van der Waals surface area contributed by atoms with Gasteiger partial charge in [0.2, 0.25) is 0 Å². The van der Waals surface area contributed by atoms with Crippen LogP contribution in [0, 0.1) is 0 Å². The Morgan fingerprint density at radius 3 is 2.81 bits per heavy atom. The van der Waals surface area contributed by atoms with Crippen LogP contribution in [-0.2, 0) is 29.9 Å². The number of nitrogens with zero attached hydrogens (tertiary/aromatic N) is 4. The normalized spacial score (nSPS) is 23.7. The number of carbonyl (C=O) groups is 3. The number of carboxylic acids is 1. The molecule has 19 heteroatoms. The number of aryl methyl sites for hydroxylation is 1. The summed E-state index contributed by atoms with van der Waals surface area (Å²) in [6, 6.07) is 4.07. The lowest BCUT2D eigenvalue weighted by Crippen LogP contribution is -2.76. The van der Waals surface area contributed by atoms with E-state index in [0.717, 1.165) is 27.5 Å². The fourth-order valence-corrected chi connectivity index (χ4v) is 6.37. The summed E-state index contributed by atoms with van der Waals surface area (Å²) in [4.78, 5) is 52.9. The van der Waals surface area contributed by atoms with Crippen LogP contribution in [0.1, 0.15) is 50.4 Å². The smallest absolute Gasteiger partial charge is 0.354 e. The first-order chi connectivity index (χ1) is 22.3. The Labute approximate surface area is 277 Å². The Hall–Kier alpha value is -4.01. The number of amides is 2. The number of nitrogens with two attached hydrogens (primary N) is 2. The van der Waals surface area contributed by atoms with Crippen molar-refractivity contribution in [2.75, 3.05) is 18.9 Å². The molecule has 4 heterocycles. The van der Waals surface area contributed by atoms with Crippen LogP contribution in [-0.4, -0.2) is 103 Å². The fraction of sp³-hybridized carbons (Fsp3) is 0.500. The molecular formula is C28H36N8O9S2. The topological polar surface area (TPSA) is 257 Å². The minimum atomic E-state index is -2.05. The number of thiazole rings is 1. The predicted octanol–water partition coefficient (Wildman–Crippen LogP) is 0.270. The number of carbonyl (C=O) groups excluding carboxylic acids is 2. The number of oxime groups is 1. The van der Waals surface area contributed by atoms with Crippen molar-refractivity contribution >= 4 is 58.1 Å². The number of aliphatic carboxylic acids is 1. The second-order valence-electron chi connectivity index (χ2n) is 12.0. The van der Waals surface area contributed by atoms with Crippen LogP contribution in [0.3, 0.4) is 0 Å². The molecule has 0 aliphatic carbocycles. The highest BCUT2D eigenvalue weighted by Gasteiger charge is 2.57. The highest BCUT2D eigenvalue weighted by atomic mass is 32.2. The maximum atomic E-state index is 13.4. The molecule has 17 nitrogen and oxygen atoms in total. The molecule has 5 atom stereocenters. The summed E-state index contributed by atoms with van der Waals surface area (Å²) in [7, 11) is 0. The van der Waals surface area contributed by atoms with Crippen molar-refractivity contribution in [1.82, 2.24) is 20.7 Å². The van der Waals surface area contributed by atoms with Crippen molar-refractivity contribution in [3.8, 4) is 5.75 Å². The molecule has 0 radical (unpaired) electrons. The van der Waals surface area contributed by atoms with E-state index >= 15 is 0 Å². The Morgan fingerprint density at radius 1 is 1.40 bits per heavy atom. The van der Waals surface area contributed by atoms with Gasteiger partial charge in [0.25, 0.3) is 17.4 Å². The molecule has 0 saturated carbocycles. The summed E-state index contributed by atoms with van der Waals surface area (Å²) < 4.78 is 20.0. The lowest BCUT2D eigenvalue weighted by Gasteiger charge is -2.50. The SMILES string of the molecule is CC(O/N=C(\C(=O)NC1C(=O)N(OSO)C1(C)C)c1csc(N)n1)(C(=O)O)C1CCc2cc(C3=NCC(CC(N)CO)N3)ccc2O1. The number of rotatable bonds is 13. The molecule has 5 unspecified atom stereocenters. The Balaban J connectivity index is 1.32. The Bertz CT molecular complexity index is 1600. The number of nitrogens with one attached hydrogen (secondary N) is 2. The number of aliphatic hydroxyl groups excluding tert-OH is 1. The second-order valence-corrected chi connectivity index (χ2v) is 13.2. The molecule has 1 saturated heterocycles. The lowest BCUT2D eigenvalue weighted by molar-refractivity contribution is -0.214. The number of anilines is 1. The molecule has 2 aromatic rings. The highest BCUT2D eigenvalue weighted by molar-refractivity contribution is 7.88. The minimum Gasteiger partial charge on any atom is -0.485 e. The molecule has 1 aromatic carbocycles. The number of fused-ring (bicyclic) bond motifs is 1. The molecule has 1 fully saturated rings. The fourth-order valence-electron chi connectivity index (χ4n) is 5.49. The van der Waals surface area contributed by atoms with E-state index in [1.54, 1.807) is 19.9 Å². The lowest BCUT2D eigenvalue weighted by atomic mass is 9.84. The van der Waals surface area contributed by atoms with E-state index in [4.69, 9.17) is 29.9 Å². The number of benzene rings is 1. The molecule has 1 aromatic heterocycles. The maximum Gasteiger partial charge on any atom is 0.354 e. The average molecular weight is 693 g/mol. The van der Waals surface area contributed by atoms with E-state index in [9.17, 15) is 24.6 Å². The summed E-state index contributed by atoms with van der Waals surface area (Å²) in [5.74, 6) is -1.73. The third-order valence-corrected chi connectivity index (χ3v) is 9.21. The summed E-state index contributed by atoms with van der Waals surface area (Å²) >= 11 is 1.01. The van der Waals surface area contributed by atoms with Gasteiger partial charge in [0.15, 0.2) is 29.3 Å². The van der Waals surface area contributed by atoms with Crippen LogP contribution in [0.25, 0.3) is 0 Å². The van der Waals surface area contributed by atoms with Crippen molar-refractivity contribution in [2.24, 2.45) is 15.9 Å². The van der Waals surface area contributed by atoms with E-state index in [2.05, 4.69) is 25.8 Å². The molecule has 47 heavy (non-hydrogen) atoms. The predicted molar refractivity (Wildman–Crippen MR) is 172 cm³/mol. The number of hydroxylamine groups is 2. The van der Waals surface area contributed by atoms with Gasteiger partial charge in [-0.25, -0.2) is 9.78 Å². The largest absolute Gasteiger partial charge is 0.485 e.